The highest BCUT2D eigenvalue weighted by Gasteiger charge is 2.60. The molecule has 0 aromatic heterocycles. The molecule has 3 heterocycles. The molecule has 0 aromatic rings. The van der Waals surface area contributed by atoms with Gasteiger partial charge < -0.3 is 115 Å². The molecule has 0 radical (unpaired) electrons. The maximum absolute atomic E-state index is 13.7. The van der Waals surface area contributed by atoms with Crippen molar-refractivity contribution >= 4 is 17.8 Å². The second-order valence-electron chi connectivity index (χ2n) is 26.7. The van der Waals surface area contributed by atoms with E-state index in [1.54, 1.807) is 6.08 Å². The van der Waals surface area contributed by atoms with E-state index in [2.05, 4.69) is 24.5 Å². The molecule has 26 nitrogen and oxygen atoms in total. The molecule has 3 aliphatic rings. The number of nitrogens with one attached hydrogen (secondary N) is 2. The van der Waals surface area contributed by atoms with Gasteiger partial charge in [0.15, 0.2) is 18.8 Å². The Labute approximate surface area is 564 Å². The number of methoxy groups -OCH3 is 1. The van der Waals surface area contributed by atoms with Crippen molar-refractivity contribution in [2.45, 2.75) is 374 Å². The van der Waals surface area contributed by atoms with Gasteiger partial charge in [-0.2, -0.15) is 0 Å². The minimum Gasteiger partial charge on any atom is -0.477 e. The van der Waals surface area contributed by atoms with Crippen LogP contribution in [0.1, 0.15) is 251 Å². The summed E-state index contributed by atoms with van der Waals surface area (Å²) >= 11 is 0. The zero-order valence-corrected chi connectivity index (χ0v) is 57.5. The summed E-state index contributed by atoms with van der Waals surface area (Å²) in [5.41, 5.74) is 0. The van der Waals surface area contributed by atoms with Crippen molar-refractivity contribution in [3.8, 4) is 0 Å². The number of carbonyl (C=O) groups excluding carboxylic acids is 2. The molecular weight excluding hydrogens is 1240 g/mol. The maximum atomic E-state index is 13.7. The molecule has 20 atom stereocenters. The van der Waals surface area contributed by atoms with Crippen molar-refractivity contribution in [3.63, 3.8) is 0 Å². The lowest BCUT2D eigenvalue weighted by Crippen LogP contribution is -2.71. The second kappa shape index (κ2) is 50.6. The van der Waals surface area contributed by atoms with Crippen molar-refractivity contribution in [1.82, 2.24) is 10.6 Å². The molecule has 0 saturated carbocycles. The first kappa shape index (κ1) is 86.6. The number of aliphatic hydroxyl groups is 13. The fourth-order valence-corrected chi connectivity index (χ4v) is 12.7. The standard InChI is InChI=1S/C69H128N2O24/c1-4-6-8-10-12-14-16-18-20-22-23-24-25-27-29-31-33-35-37-39-41-48(76)64(86)71-65(56(81)47(75)40-38-36-34-32-30-28-26-21-19-17-15-13-11-9-7-5-2)93-66-59(84)58(83)61(52(45-74)91-66)92-67-60(85)63(57(82)51(44-73)90-67)95-69(68(87)88)42-49(77)54(70-53(79)46-89-3)62(94-69)55(80)50(78)43-72/h36,38,47-52,54-63,65-67,72-78,80-85H,4-35,37,39-46H2,1-3H3,(H,70,79)(H,71,86)(H,87,88)/b38-36+/t47-,48-,49+,50?,51-,52-,54-,55+,56-,57+,58-,59-,60-,61-,62-,63+,65+,66+,67+,69+/m1/s1. The van der Waals surface area contributed by atoms with Gasteiger partial charge in [-0.3, -0.25) is 9.59 Å². The highest BCUT2D eigenvalue weighted by atomic mass is 16.8. The monoisotopic (exact) mass is 1370 g/mol. The van der Waals surface area contributed by atoms with Crippen LogP contribution in [0.2, 0.25) is 0 Å². The number of hydrogen-bond donors (Lipinski definition) is 16. The fraction of sp³-hybridized carbons (Fsp3) is 0.928. The Morgan fingerprint density at radius 2 is 1.04 bits per heavy atom. The molecule has 0 aromatic carbocycles. The predicted octanol–water partition coefficient (Wildman–Crippen LogP) is 4.59. The van der Waals surface area contributed by atoms with Gasteiger partial charge in [-0.25, -0.2) is 4.79 Å². The molecule has 3 fully saturated rings. The van der Waals surface area contributed by atoms with Crippen LogP contribution in [0.15, 0.2) is 12.2 Å². The second-order valence-corrected chi connectivity index (χ2v) is 26.7. The van der Waals surface area contributed by atoms with Crippen molar-refractivity contribution in [1.29, 1.82) is 0 Å². The quantitative estimate of drug-likeness (QED) is 0.0225. The van der Waals surface area contributed by atoms with E-state index in [0.29, 0.717) is 6.42 Å². The Balaban J connectivity index is 1.67. The molecule has 3 rings (SSSR count). The zero-order chi connectivity index (χ0) is 70.0. The maximum Gasteiger partial charge on any atom is 0.364 e. The molecule has 3 aliphatic heterocycles. The third kappa shape index (κ3) is 31.8. The first-order valence-corrected chi connectivity index (χ1v) is 36.3. The van der Waals surface area contributed by atoms with Gasteiger partial charge in [0.2, 0.25) is 5.91 Å². The molecule has 16 N–H and O–H groups in total. The highest BCUT2D eigenvalue weighted by Crippen LogP contribution is 2.39. The van der Waals surface area contributed by atoms with Crippen LogP contribution in [0, 0.1) is 0 Å². The van der Waals surface area contributed by atoms with Gasteiger partial charge >= 0.3 is 5.97 Å². The van der Waals surface area contributed by atoms with E-state index in [4.69, 9.17) is 33.2 Å². The Morgan fingerprint density at radius 3 is 1.51 bits per heavy atom. The van der Waals surface area contributed by atoms with Crippen molar-refractivity contribution in [3.05, 3.63) is 12.2 Å². The number of ether oxygens (including phenoxy) is 7. The smallest absolute Gasteiger partial charge is 0.364 e. The Kier molecular flexibility index (Phi) is 46.1. The topological polar surface area (TPSA) is 423 Å². The van der Waals surface area contributed by atoms with Crippen molar-refractivity contribution in [2.75, 3.05) is 33.5 Å². The molecule has 3 saturated heterocycles. The molecule has 95 heavy (non-hydrogen) atoms. The number of aliphatic hydroxyl groups excluding tert-OH is 13. The van der Waals surface area contributed by atoms with Gasteiger partial charge in [0.05, 0.1) is 38.1 Å². The average Bonchev–Trinajstić information content (AvgIpc) is 0.757. The summed E-state index contributed by atoms with van der Waals surface area (Å²) in [6.07, 6.45) is 6.55. The van der Waals surface area contributed by atoms with Crippen LogP contribution in [0.3, 0.4) is 0 Å². The van der Waals surface area contributed by atoms with Gasteiger partial charge in [0.25, 0.3) is 11.7 Å². The fourth-order valence-electron chi connectivity index (χ4n) is 12.7. The van der Waals surface area contributed by atoms with Crippen LogP contribution in [0.5, 0.6) is 0 Å². The first-order valence-electron chi connectivity index (χ1n) is 36.3. The van der Waals surface area contributed by atoms with E-state index >= 15 is 0 Å². The van der Waals surface area contributed by atoms with Gasteiger partial charge in [-0.1, -0.05) is 231 Å². The Morgan fingerprint density at radius 1 is 0.568 bits per heavy atom. The zero-order valence-electron chi connectivity index (χ0n) is 57.5. The Hall–Kier alpha value is -2.65. The molecule has 0 bridgehead atoms. The third-order valence-electron chi connectivity index (χ3n) is 18.6. The first-order chi connectivity index (χ1) is 45.7. The molecule has 26 heteroatoms. The van der Waals surface area contributed by atoms with E-state index in [1.807, 2.05) is 6.08 Å². The van der Waals surface area contributed by atoms with Crippen molar-refractivity contribution < 1.29 is 119 Å². The number of aliphatic carboxylic acids is 1. The summed E-state index contributed by atoms with van der Waals surface area (Å²) in [4.78, 5) is 39.3. The minimum absolute atomic E-state index is 0.0558. The summed E-state index contributed by atoms with van der Waals surface area (Å²) in [5, 5.41) is 159. The number of carboxylic acids is 1. The summed E-state index contributed by atoms with van der Waals surface area (Å²) in [5.74, 6) is -7.06. The summed E-state index contributed by atoms with van der Waals surface area (Å²) in [6.45, 7) is 0.687. The predicted molar refractivity (Wildman–Crippen MR) is 352 cm³/mol. The van der Waals surface area contributed by atoms with E-state index in [1.165, 1.54) is 155 Å². The van der Waals surface area contributed by atoms with E-state index in [-0.39, 0.29) is 12.8 Å². The van der Waals surface area contributed by atoms with Gasteiger partial charge in [-0.15, -0.1) is 0 Å². The number of carboxylic acid groups (broad SMARTS) is 1. The summed E-state index contributed by atoms with van der Waals surface area (Å²) in [6, 6.07) is -1.68. The number of rotatable bonds is 56. The number of amides is 2. The summed E-state index contributed by atoms with van der Waals surface area (Å²) < 4.78 is 39.5. The number of hydrogen-bond acceptors (Lipinski definition) is 23. The van der Waals surface area contributed by atoms with Crippen LogP contribution >= 0.6 is 0 Å². The SMILES string of the molecule is CCCCCCCCCCCCCCC/C=C/C[C@@H](O)[C@@H](O)[C@@H](NC(=O)[C@H](O)CCCCCCCCCCCCCCCCCCCCCC)O[C@@H]1O[C@H](CO)[C@@H](O[C@@H]2O[C@H](CO)[C@H](O)[C@H](O[C@]3(C(=O)O)C[C@H](O)[C@@H](NC(=O)COC)[C@H]([C@@H](O)C(O)CO)O3)[C@H]2O)[C@H](O)[C@H]1O. The normalized spacial score (nSPS) is 28.4. The Bertz CT molecular complexity index is 2000. The van der Waals surface area contributed by atoms with Gasteiger partial charge in [0.1, 0.15) is 86.0 Å². The highest BCUT2D eigenvalue weighted by molar-refractivity contribution is 5.80. The molecule has 0 spiro atoms. The molecule has 0 aliphatic carbocycles. The van der Waals surface area contributed by atoms with Crippen LogP contribution in [-0.4, -0.2) is 245 Å². The number of carbonyl (C=O) groups is 3. The van der Waals surface area contributed by atoms with E-state index < -0.39 is 173 Å². The van der Waals surface area contributed by atoms with Crippen LogP contribution in [0.4, 0.5) is 0 Å². The van der Waals surface area contributed by atoms with Crippen LogP contribution in [0.25, 0.3) is 0 Å². The molecular formula is C69H128N2O24. The minimum atomic E-state index is -3.16. The lowest BCUT2D eigenvalue weighted by Gasteiger charge is -2.50. The molecule has 2 amide bonds. The average molecular weight is 1370 g/mol. The van der Waals surface area contributed by atoms with Crippen molar-refractivity contribution in [2.24, 2.45) is 0 Å². The van der Waals surface area contributed by atoms with Crippen LogP contribution in [-0.2, 0) is 47.5 Å². The lowest BCUT2D eigenvalue weighted by atomic mass is 9.88. The number of unbranched alkanes of at least 4 members (excludes halogenated alkanes) is 32. The number of allylic oxidation sites excluding steroid dienone is 1. The summed E-state index contributed by atoms with van der Waals surface area (Å²) in [7, 11) is 1.18. The lowest BCUT2D eigenvalue weighted by molar-refractivity contribution is -0.388. The van der Waals surface area contributed by atoms with E-state index in [9.17, 15) is 85.9 Å². The third-order valence-corrected chi connectivity index (χ3v) is 18.6. The van der Waals surface area contributed by atoms with Gasteiger partial charge in [-0.05, 0) is 25.7 Å². The van der Waals surface area contributed by atoms with E-state index in [0.717, 1.165) is 64.2 Å². The largest absolute Gasteiger partial charge is 0.477 e. The molecule has 558 valence electrons. The molecule has 1 unspecified atom stereocenters. The van der Waals surface area contributed by atoms with Crippen LogP contribution < -0.4 is 10.6 Å². The van der Waals surface area contributed by atoms with Gasteiger partial charge in [0, 0.05) is 13.5 Å².